The lowest BCUT2D eigenvalue weighted by molar-refractivity contribution is -0.149. The van der Waals surface area contributed by atoms with E-state index < -0.39 is 30.1 Å². The monoisotopic (exact) mass is 606 g/mol. The largest absolute Gasteiger partial charge is 0.459 e. The highest BCUT2D eigenvalue weighted by molar-refractivity contribution is 5.98. The number of esters is 1. The molecule has 0 spiro atoms. The van der Waals surface area contributed by atoms with Crippen LogP contribution in [0.25, 0.3) is 10.9 Å². The first kappa shape index (κ1) is 32.8. The minimum atomic E-state index is -1.01. The summed E-state index contributed by atoms with van der Waals surface area (Å²) in [5, 5.41) is 6.02. The summed E-state index contributed by atoms with van der Waals surface area (Å²) >= 11 is 0. The summed E-state index contributed by atoms with van der Waals surface area (Å²) in [4.78, 5) is 51.4. The van der Waals surface area contributed by atoms with Crippen LogP contribution in [-0.4, -0.2) is 47.1 Å². The number of fused-ring (bicyclic) bond motifs is 1. The molecular formula is C32H35ClN4O6. The maximum absolute atomic E-state index is 13.4. The topological polar surface area (TPSA) is 142 Å². The third-order valence-electron chi connectivity index (χ3n) is 6.59. The van der Waals surface area contributed by atoms with Gasteiger partial charge in [0.15, 0.2) is 0 Å². The van der Waals surface area contributed by atoms with Gasteiger partial charge in [-0.3, -0.25) is 14.2 Å². The second kappa shape index (κ2) is 16.1. The third kappa shape index (κ3) is 9.16. The fourth-order valence-corrected chi connectivity index (χ4v) is 4.45. The molecule has 1 heterocycles. The molecule has 0 aliphatic rings. The molecule has 0 aliphatic heterocycles. The number of ether oxygens (including phenoxy) is 2. The van der Waals surface area contributed by atoms with Gasteiger partial charge in [0.25, 0.3) is 5.91 Å². The number of hydrogen-bond donors (Lipinski definition) is 3. The second-order valence-electron chi connectivity index (χ2n) is 9.76. The number of nitrogens with zero attached hydrogens (tertiary/aromatic N) is 1. The van der Waals surface area contributed by atoms with E-state index in [1.54, 1.807) is 25.3 Å². The van der Waals surface area contributed by atoms with Crippen LogP contribution in [0.5, 0.6) is 0 Å². The Hall–Kier alpha value is -4.67. The molecule has 0 fully saturated rings. The molecule has 0 radical (unpaired) electrons. The second-order valence-corrected chi connectivity index (χ2v) is 9.76. The van der Waals surface area contributed by atoms with Crippen LogP contribution in [-0.2, 0) is 38.7 Å². The van der Waals surface area contributed by atoms with Gasteiger partial charge >= 0.3 is 12.1 Å². The lowest BCUT2D eigenvalue weighted by Crippen LogP contribution is -2.43. The van der Waals surface area contributed by atoms with E-state index in [-0.39, 0.29) is 50.9 Å². The van der Waals surface area contributed by atoms with E-state index in [2.05, 4.69) is 10.6 Å². The fraction of sp³-hybridized carbons (Fsp3) is 0.250. The van der Waals surface area contributed by atoms with Crippen LogP contribution >= 0.6 is 12.4 Å². The highest BCUT2D eigenvalue weighted by Crippen LogP contribution is 2.24. The van der Waals surface area contributed by atoms with Crippen molar-refractivity contribution in [2.75, 3.05) is 6.54 Å². The summed E-state index contributed by atoms with van der Waals surface area (Å²) in [6.45, 7) is 1.82. The van der Waals surface area contributed by atoms with Crippen molar-refractivity contribution in [1.29, 1.82) is 0 Å². The van der Waals surface area contributed by atoms with E-state index in [0.717, 1.165) is 16.5 Å². The van der Waals surface area contributed by atoms with Crippen molar-refractivity contribution in [2.24, 2.45) is 5.73 Å². The van der Waals surface area contributed by atoms with Crippen molar-refractivity contribution in [1.82, 2.24) is 15.2 Å². The van der Waals surface area contributed by atoms with Gasteiger partial charge in [0.2, 0.25) is 5.91 Å². The van der Waals surface area contributed by atoms with Crippen LogP contribution in [0.3, 0.4) is 0 Å². The van der Waals surface area contributed by atoms with Gasteiger partial charge in [0.1, 0.15) is 25.3 Å². The van der Waals surface area contributed by atoms with E-state index in [1.165, 1.54) is 4.57 Å². The molecule has 4 N–H and O–H groups in total. The Balaban J connectivity index is 0.00000506. The molecular weight excluding hydrogens is 572 g/mol. The number of carbonyl (C=O) groups excluding carboxylic acids is 4. The Bertz CT molecular complexity index is 1530. The van der Waals surface area contributed by atoms with Crippen molar-refractivity contribution >= 4 is 47.2 Å². The minimum Gasteiger partial charge on any atom is -0.459 e. The predicted octanol–water partition coefficient (Wildman–Crippen LogP) is 4.14. The molecule has 11 heteroatoms. The fourth-order valence-electron chi connectivity index (χ4n) is 4.45. The summed E-state index contributed by atoms with van der Waals surface area (Å²) < 4.78 is 12.2. The number of nitrogens with two attached hydrogens (primary N) is 1. The van der Waals surface area contributed by atoms with Gasteiger partial charge in [-0.1, -0.05) is 78.9 Å². The van der Waals surface area contributed by atoms with Crippen LogP contribution in [0.2, 0.25) is 0 Å². The van der Waals surface area contributed by atoms with Crippen molar-refractivity contribution in [3.8, 4) is 0 Å². The van der Waals surface area contributed by atoms with Crippen LogP contribution in [0, 0.1) is 0 Å². The third-order valence-corrected chi connectivity index (χ3v) is 6.59. The van der Waals surface area contributed by atoms with Gasteiger partial charge in [-0.2, -0.15) is 0 Å². The number of alkyl carbamates (subject to hydrolysis) is 1. The van der Waals surface area contributed by atoms with Crippen LogP contribution in [0.1, 0.15) is 34.8 Å². The lowest BCUT2D eigenvalue weighted by Gasteiger charge is -2.18. The standard InChI is InChI=1S/C32H34N4O6.ClH/c1-22(34-32(40)42-21-24-12-6-3-7-13-24)30(38)36-19-25(26-14-8-9-15-28(26)36)18-27(35-29(37)16-17-33)31(39)41-20-23-10-4-2-5-11-23;/h2-15,19,22,27H,16-18,20-21,33H2,1H3,(H,34,40)(H,35,37);1H/t22-,27-;/m0./s1. The molecule has 4 aromatic rings. The number of carbonyl (C=O) groups is 4. The summed E-state index contributed by atoms with van der Waals surface area (Å²) in [5.74, 6) is -1.39. The minimum absolute atomic E-state index is 0. The van der Waals surface area contributed by atoms with Crippen LogP contribution in [0.4, 0.5) is 4.79 Å². The predicted molar refractivity (Wildman–Crippen MR) is 165 cm³/mol. The highest BCUT2D eigenvalue weighted by Gasteiger charge is 2.27. The maximum Gasteiger partial charge on any atom is 0.408 e. The van der Waals surface area contributed by atoms with E-state index in [1.807, 2.05) is 72.8 Å². The maximum atomic E-state index is 13.4. The van der Waals surface area contributed by atoms with Crippen molar-refractivity contribution < 1.29 is 28.7 Å². The smallest absolute Gasteiger partial charge is 0.408 e. The number of amides is 2. The molecule has 0 bridgehead atoms. The van der Waals surface area contributed by atoms with E-state index in [4.69, 9.17) is 15.2 Å². The normalized spacial score (nSPS) is 12.0. The Morgan fingerprint density at radius 2 is 1.40 bits per heavy atom. The average molecular weight is 607 g/mol. The first-order valence-corrected chi connectivity index (χ1v) is 13.7. The highest BCUT2D eigenvalue weighted by atomic mass is 35.5. The Kier molecular flexibility index (Phi) is 12.3. The zero-order valence-corrected chi connectivity index (χ0v) is 24.5. The number of benzene rings is 3. The van der Waals surface area contributed by atoms with Gasteiger partial charge in [0, 0.05) is 31.0 Å². The van der Waals surface area contributed by atoms with Crippen molar-refractivity contribution in [3.05, 3.63) is 108 Å². The van der Waals surface area contributed by atoms with E-state index in [9.17, 15) is 19.2 Å². The first-order valence-electron chi connectivity index (χ1n) is 13.7. The molecule has 0 unspecified atom stereocenters. The molecule has 0 saturated carbocycles. The molecule has 0 aliphatic carbocycles. The summed E-state index contributed by atoms with van der Waals surface area (Å²) in [6, 6.07) is 23.7. The number of aromatic nitrogens is 1. The summed E-state index contributed by atoms with van der Waals surface area (Å²) in [7, 11) is 0. The number of para-hydroxylation sites is 1. The molecule has 43 heavy (non-hydrogen) atoms. The molecule has 1 aromatic heterocycles. The molecule has 10 nitrogen and oxygen atoms in total. The molecule has 2 amide bonds. The zero-order valence-electron chi connectivity index (χ0n) is 23.7. The Labute approximate surface area is 255 Å². The SMILES string of the molecule is C[C@H](NC(=O)OCc1ccccc1)C(=O)n1cc(C[C@H](NC(=O)CCN)C(=O)OCc2ccccc2)c2ccccc21.Cl. The Morgan fingerprint density at radius 3 is 2.02 bits per heavy atom. The molecule has 3 aromatic carbocycles. The lowest BCUT2D eigenvalue weighted by atomic mass is 10.0. The zero-order chi connectivity index (χ0) is 29.9. The molecule has 2 atom stereocenters. The van der Waals surface area contributed by atoms with Gasteiger partial charge in [-0.25, -0.2) is 9.59 Å². The van der Waals surface area contributed by atoms with Gasteiger partial charge in [0.05, 0.1) is 5.52 Å². The van der Waals surface area contributed by atoms with E-state index >= 15 is 0 Å². The summed E-state index contributed by atoms with van der Waals surface area (Å²) in [6.07, 6.45) is 1.02. The van der Waals surface area contributed by atoms with Crippen LogP contribution in [0.15, 0.2) is 91.1 Å². The number of hydrogen-bond acceptors (Lipinski definition) is 7. The van der Waals surface area contributed by atoms with Crippen molar-refractivity contribution in [3.63, 3.8) is 0 Å². The van der Waals surface area contributed by atoms with Gasteiger partial charge < -0.3 is 25.8 Å². The van der Waals surface area contributed by atoms with Crippen LogP contribution < -0.4 is 16.4 Å². The molecule has 226 valence electrons. The average Bonchev–Trinajstić information content (AvgIpc) is 3.37. The molecule has 0 saturated heterocycles. The summed E-state index contributed by atoms with van der Waals surface area (Å²) in [5.41, 5.74) is 8.40. The first-order chi connectivity index (χ1) is 20.4. The Morgan fingerprint density at radius 1 is 0.814 bits per heavy atom. The number of halogens is 1. The van der Waals surface area contributed by atoms with Gasteiger partial charge in [-0.15, -0.1) is 12.4 Å². The van der Waals surface area contributed by atoms with E-state index in [0.29, 0.717) is 11.1 Å². The quantitative estimate of drug-likeness (QED) is 0.206. The number of rotatable bonds is 12. The number of nitrogens with one attached hydrogen (secondary N) is 2. The van der Waals surface area contributed by atoms with Gasteiger partial charge in [-0.05, 0) is 29.7 Å². The molecule has 4 rings (SSSR count). The van der Waals surface area contributed by atoms with Crippen molar-refractivity contribution in [2.45, 2.75) is 45.1 Å².